The van der Waals surface area contributed by atoms with Crippen molar-refractivity contribution in [1.29, 1.82) is 0 Å². The van der Waals surface area contributed by atoms with Gasteiger partial charge in [0.2, 0.25) is 0 Å². The topological polar surface area (TPSA) is 56.7 Å². The standard InChI is InChI=1S/C17H20N4/c1-12(2)21-16(20-15-9-6-10-19-17(15)21)14(11-18)13-7-4-3-5-8-13/h3-10,12,14H,11,18H2,1-2H3. The molecule has 0 radical (unpaired) electrons. The first-order valence-corrected chi connectivity index (χ1v) is 7.30. The Morgan fingerprint density at radius 2 is 1.86 bits per heavy atom. The average Bonchev–Trinajstić information content (AvgIpc) is 2.88. The highest BCUT2D eigenvalue weighted by Gasteiger charge is 2.22. The van der Waals surface area contributed by atoms with Crippen molar-refractivity contribution in [3.63, 3.8) is 0 Å². The van der Waals surface area contributed by atoms with E-state index in [0.717, 1.165) is 17.0 Å². The van der Waals surface area contributed by atoms with E-state index in [2.05, 4.69) is 35.5 Å². The molecule has 4 heteroatoms. The number of pyridine rings is 1. The summed E-state index contributed by atoms with van der Waals surface area (Å²) in [7, 11) is 0. The summed E-state index contributed by atoms with van der Waals surface area (Å²) in [6.45, 7) is 4.83. The van der Waals surface area contributed by atoms with Gasteiger partial charge in [-0.3, -0.25) is 0 Å². The number of nitrogens with zero attached hydrogens (tertiary/aromatic N) is 3. The van der Waals surface area contributed by atoms with Crippen LogP contribution in [0.1, 0.15) is 37.2 Å². The van der Waals surface area contributed by atoms with E-state index in [-0.39, 0.29) is 12.0 Å². The molecule has 0 fully saturated rings. The molecule has 0 amide bonds. The maximum Gasteiger partial charge on any atom is 0.160 e. The zero-order valence-corrected chi connectivity index (χ0v) is 12.4. The fourth-order valence-corrected chi connectivity index (χ4v) is 2.78. The van der Waals surface area contributed by atoms with Crippen LogP contribution >= 0.6 is 0 Å². The van der Waals surface area contributed by atoms with Crippen LogP contribution in [0.25, 0.3) is 11.2 Å². The van der Waals surface area contributed by atoms with Crippen molar-refractivity contribution >= 4 is 11.2 Å². The highest BCUT2D eigenvalue weighted by Crippen LogP contribution is 2.28. The van der Waals surface area contributed by atoms with Crippen molar-refractivity contribution in [2.75, 3.05) is 6.54 Å². The van der Waals surface area contributed by atoms with Crippen molar-refractivity contribution in [3.05, 3.63) is 60.0 Å². The second-order valence-electron chi connectivity index (χ2n) is 5.48. The number of rotatable bonds is 4. The minimum atomic E-state index is 0.0859. The predicted molar refractivity (Wildman–Crippen MR) is 85.3 cm³/mol. The van der Waals surface area contributed by atoms with Gasteiger partial charge in [0.15, 0.2) is 5.65 Å². The van der Waals surface area contributed by atoms with Gasteiger partial charge in [0, 0.05) is 18.8 Å². The zero-order chi connectivity index (χ0) is 14.8. The fourth-order valence-electron chi connectivity index (χ4n) is 2.78. The Labute approximate surface area is 124 Å². The van der Waals surface area contributed by atoms with E-state index in [9.17, 15) is 0 Å². The fraction of sp³-hybridized carbons (Fsp3) is 0.294. The van der Waals surface area contributed by atoms with Crippen LogP contribution in [-0.4, -0.2) is 21.1 Å². The Hall–Kier alpha value is -2.20. The number of benzene rings is 1. The van der Waals surface area contributed by atoms with E-state index in [1.54, 1.807) is 0 Å². The second-order valence-corrected chi connectivity index (χ2v) is 5.48. The molecular formula is C17H20N4. The Morgan fingerprint density at radius 3 is 2.52 bits per heavy atom. The minimum Gasteiger partial charge on any atom is -0.329 e. The highest BCUT2D eigenvalue weighted by molar-refractivity contribution is 5.71. The van der Waals surface area contributed by atoms with E-state index in [1.165, 1.54) is 5.56 Å². The van der Waals surface area contributed by atoms with E-state index < -0.39 is 0 Å². The van der Waals surface area contributed by atoms with Crippen molar-refractivity contribution in [3.8, 4) is 0 Å². The third-order valence-corrected chi connectivity index (χ3v) is 3.74. The average molecular weight is 280 g/mol. The molecule has 3 aromatic rings. The summed E-state index contributed by atoms with van der Waals surface area (Å²) in [6, 6.07) is 14.5. The molecular weight excluding hydrogens is 260 g/mol. The molecule has 4 nitrogen and oxygen atoms in total. The molecule has 0 saturated carbocycles. The normalized spacial score (nSPS) is 13.0. The van der Waals surface area contributed by atoms with E-state index >= 15 is 0 Å². The van der Waals surface area contributed by atoms with Gasteiger partial charge in [0.1, 0.15) is 11.3 Å². The monoisotopic (exact) mass is 280 g/mol. The van der Waals surface area contributed by atoms with Crippen molar-refractivity contribution in [2.45, 2.75) is 25.8 Å². The summed E-state index contributed by atoms with van der Waals surface area (Å²) >= 11 is 0. The summed E-state index contributed by atoms with van der Waals surface area (Å²) in [5, 5.41) is 0. The summed E-state index contributed by atoms with van der Waals surface area (Å²) in [5.74, 6) is 1.08. The molecule has 0 saturated heterocycles. The van der Waals surface area contributed by atoms with Gasteiger partial charge in [-0.05, 0) is 31.5 Å². The molecule has 1 aromatic carbocycles. The largest absolute Gasteiger partial charge is 0.329 e. The molecule has 0 aliphatic carbocycles. The number of nitrogens with two attached hydrogens (primary N) is 1. The first-order valence-electron chi connectivity index (χ1n) is 7.30. The lowest BCUT2D eigenvalue weighted by atomic mass is 9.98. The van der Waals surface area contributed by atoms with E-state index in [1.807, 2.05) is 36.5 Å². The molecule has 0 bridgehead atoms. The van der Waals surface area contributed by atoms with Crippen LogP contribution < -0.4 is 5.73 Å². The molecule has 0 spiro atoms. The van der Waals surface area contributed by atoms with Crippen molar-refractivity contribution < 1.29 is 0 Å². The van der Waals surface area contributed by atoms with E-state index in [0.29, 0.717) is 6.54 Å². The molecule has 21 heavy (non-hydrogen) atoms. The van der Waals surface area contributed by atoms with Gasteiger partial charge in [0.05, 0.1) is 5.92 Å². The predicted octanol–water partition coefficient (Wildman–Crippen LogP) is 3.10. The van der Waals surface area contributed by atoms with Crippen LogP contribution in [0, 0.1) is 0 Å². The SMILES string of the molecule is CC(C)n1c(C(CN)c2ccccc2)nc2cccnc21. The lowest BCUT2D eigenvalue weighted by Gasteiger charge is -2.19. The third kappa shape index (κ3) is 2.43. The highest BCUT2D eigenvalue weighted by atomic mass is 15.1. The van der Waals surface area contributed by atoms with Crippen LogP contribution in [0.5, 0.6) is 0 Å². The maximum absolute atomic E-state index is 6.05. The molecule has 0 aliphatic heterocycles. The maximum atomic E-state index is 6.05. The lowest BCUT2D eigenvalue weighted by molar-refractivity contribution is 0.560. The van der Waals surface area contributed by atoms with Gasteiger partial charge >= 0.3 is 0 Å². The number of fused-ring (bicyclic) bond motifs is 1. The quantitative estimate of drug-likeness (QED) is 0.799. The first-order chi connectivity index (χ1) is 10.2. The number of hydrogen-bond donors (Lipinski definition) is 1. The molecule has 1 atom stereocenters. The number of hydrogen-bond acceptors (Lipinski definition) is 3. The summed E-state index contributed by atoms with van der Waals surface area (Å²) in [5.41, 5.74) is 9.10. The smallest absolute Gasteiger partial charge is 0.160 e. The Kier molecular flexibility index (Phi) is 3.71. The Bertz CT molecular complexity index is 731. The molecule has 0 aliphatic rings. The second kappa shape index (κ2) is 5.66. The van der Waals surface area contributed by atoms with Crippen LogP contribution in [0.4, 0.5) is 0 Å². The number of imidazole rings is 1. The molecule has 2 N–H and O–H groups in total. The lowest BCUT2D eigenvalue weighted by Crippen LogP contribution is -2.19. The summed E-state index contributed by atoms with van der Waals surface area (Å²) < 4.78 is 2.19. The van der Waals surface area contributed by atoms with E-state index in [4.69, 9.17) is 10.7 Å². The van der Waals surface area contributed by atoms with Crippen molar-refractivity contribution in [1.82, 2.24) is 14.5 Å². The Morgan fingerprint density at radius 1 is 1.10 bits per heavy atom. The molecule has 2 heterocycles. The third-order valence-electron chi connectivity index (χ3n) is 3.74. The Balaban J connectivity index is 2.20. The molecule has 3 rings (SSSR count). The summed E-state index contributed by atoms with van der Waals surface area (Å²) in [4.78, 5) is 9.30. The van der Waals surface area contributed by atoms with Gasteiger partial charge in [0.25, 0.3) is 0 Å². The van der Waals surface area contributed by atoms with Gasteiger partial charge < -0.3 is 10.3 Å². The van der Waals surface area contributed by atoms with Crippen LogP contribution in [0.3, 0.4) is 0 Å². The number of aromatic nitrogens is 3. The van der Waals surface area contributed by atoms with Crippen LogP contribution in [0.15, 0.2) is 48.7 Å². The van der Waals surface area contributed by atoms with Gasteiger partial charge in [-0.1, -0.05) is 30.3 Å². The van der Waals surface area contributed by atoms with Crippen LogP contribution in [0.2, 0.25) is 0 Å². The van der Waals surface area contributed by atoms with Crippen molar-refractivity contribution in [2.24, 2.45) is 5.73 Å². The first kappa shape index (κ1) is 13.8. The van der Waals surface area contributed by atoms with Gasteiger partial charge in [-0.25, -0.2) is 9.97 Å². The molecule has 2 aromatic heterocycles. The zero-order valence-electron chi connectivity index (χ0n) is 12.4. The summed E-state index contributed by atoms with van der Waals surface area (Å²) in [6.07, 6.45) is 1.81. The molecule has 1 unspecified atom stereocenters. The van der Waals surface area contributed by atoms with Crippen LogP contribution in [-0.2, 0) is 0 Å². The molecule has 108 valence electrons. The van der Waals surface area contributed by atoms with Gasteiger partial charge in [-0.15, -0.1) is 0 Å². The minimum absolute atomic E-state index is 0.0859. The van der Waals surface area contributed by atoms with Gasteiger partial charge in [-0.2, -0.15) is 0 Å².